The lowest BCUT2D eigenvalue weighted by Crippen LogP contribution is -2.49. The Morgan fingerprint density at radius 3 is 2.77 bits per heavy atom. The van der Waals surface area contributed by atoms with E-state index in [0.29, 0.717) is 37.8 Å². The van der Waals surface area contributed by atoms with Gasteiger partial charge in [0.2, 0.25) is 0 Å². The number of fused-ring (bicyclic) bond motifs is 1. The number of benzene rings is 1. The Kier molecular flexibility index (Phi) is 4.29. The second kappa shape index (κ2) is 6.36. The van der Waals surface area contributed by atoms with Gasteiger partial charge in [0.1, 0.15) is 5.82 Å². The summed E-state index contributed by atoms with van der Waals surface area (Å²) in [5, 5.41) is 0.651. The Morgan fingerprint density at radius 1 is 1.27 bits per heavy atom. The lowest BCUT2D eigenvalue weighted by Gasteiger charge is -2.34. The molecule has 7 heteroatoms. The zero-order chi connectivity index (χ0) is 15.5. The minimum atomic E-state index is -0.249. The average molecular weight is 321 g/mol. The number of hydrogen-bond acceptors (Lipinski definition) is 5. The van der Waals surface area contributed by atoms with Crippen LogP contribution in [0.3, 0.4) is 0 Å². The molecular formula is C15H17ClN4O2. The quantitative estimate of drug-likeness (QED) is 0.851. The summed E-state index contributed by atoms with van der Waals surface area (Å²) in [6.45, 7) is 4.89. The van der Waals surface area contributed by atoms with Crippen LogP contribution in [0.4, 0.5) is 10.6 Å². The summed E-state index contributed by atoms with van der Waals surface area (Å²) in [5.74, 6) is 0.818. The van der Waals surface area contributed by atoms with Gasteiger partial charge in [0, 0.05) is 31.2 Å². The predicted molar refractivity (Wildman–Crippen MR) is 85.4 cm³/mol. The van der Waals surface area contributed by atoms with Crippen LogP contribution >= 0.6 is 11.6 Å². The number of anilines is 1. The number of carbonyl (C=O) groups excluding carboxylic acids is 1. The fourth-order valence-corrected chi connectivity index (χ4v) is 2.63. The van der Waals surface area contributed by atoms with E-state index in [1.165, 1.54) is 0 Å². The van der Waals surface area contributed by atoms with E-state index in [9.17, 15) is 4.79 Å². The van der Waals surface area contributed by atoms with Crippen molar-refractivity contribution in [1.29, 1.82) is 0 Å². The maximum atomic E-state index is 11.7. The molecule has 116 valence electrons. The Labute approximate surface area is 133 Å². The molecule has 2 aromatic rings. The van der Waals surface area contributed by atoms with Gasteiger partial charge in [-0.3, -0.25) is 4.98 Å². The maximum absolute atomic E-state index is 11.7. The van der Waals surface area contributed by atoms with Crippen molar-refractivity contribution >= 4 is 34.5 Å². The molecule has 0 spiro atoms. The van der Waals surface area contributed by atoms with Crippen molar-refractivity contribution in [2.24, 2.45) is 0 Å². The van der Waals surface area contributed by atoms with Gasteiger partial charge in [0.05, 0.1) is 23.8 Å². The van der Waals surface area contributed by atoms with Gasteiger partial charge in [-0.2, -0.15) is 0 Å². The Balaban J connectivity index is 1.71. The van der Waals surface area contributed by atoms with Gasteiger partial charge in [-0.15, -0.1) is 0 Å². The fraction of sp³-hybridized carbons (Fsp3) is 0.400. The van der Waals surface area contributed by atoms with E-state index in [2.05, 4.69) is 14.9 Å². The van der Waals surface area contributed by atoms with Gasteiger partial charge in [-0.05, 0) is 25.1 Å². The second-order valence-electron chi connectivity index (χ2n) is 5.03. The molecule has 0 N–H and O–H groups in total. The SMILES string of the molecule is CCOC(=O)N1CCN(c2cnc3cc(Cl)ccc3n2)CC1. The number of hydrogen-bond donors (Lipinski definition) is 0. The molecule has 0 atom stereocenters. The molecule has 1 fully saturated rings. The van der Waals surface area contributed by atoms with Crippen LogP contribution in [0.5, 0.6) is 0 Å². The van der Waals surface area contributed by atoms with Crippen molar-refractivity contribution in [3.8, 4) is 0 Å². The van der Waals surface area contributed by atoms with Gasteiger partial charge in [0.25, 0.3) is 0 Å². The van der Waals surface area contributed by atoms with Crippen LogP contribution in [0.15, 0.2) is 24.4 Å². The summed E-state index contributed by atoms with van der Waals surface area (Å²) in [4.78, 5) is 24.6. The van der Waals surface area contributed by atoms with E-state index < -0.39 is 0 Å². The number of nitrogens with zero attached hydrogens (tertiary/aromatic N) is 4. The molecule has 1 aromatic carbocycles. The molecule has 0 bridgehead atoms. The first-order valence-corrected chi connectivity index (χ1v) is 7.64. The number of ether oxygens (including phenoxy) is 1. The average Bonchev–Trinajstić information content (AvgIpc) is 2.55. The smallest absolute Gasteiger partial charge is 0.409 e. The highest BCUT2D eigenvalue weighted by Gasteiger charge is 2.22. The molecule has 3 rings (SSSR count). The van der Waals surface area contributed by atoms with E-state index in [-0.39, 0.29) is 6.09 Å². The molecular weight excluding hydrogens is 304 g/mol. The summed E-state index contributed by atoms with van der Waals surface area (Å²) in [6, 6.07) is 5.47. The molecule has 22 heavy (non-hydrogen) atoms. The maximum Gasteiger partial charge on any atom is 0.409 e. The highest BCUT2D eigenvalue weighted by molar-refractivity contribution is 6.31. The summed E-state index contributed by atoms with van der Waals surface area (Å²) in [7, 11) is 0. The topological polar surface area (TPSA) is 58.6 Å². The first kappa shape index (κ1) is 14.8. The Bertz CT molecular complexity index is 686. The van der Waals surface area contributed by atoms with Crippen LogP contribution in [0.25, 0.3) is 11.0 Å². The molecule has 6 nitrogen and oxygen atoms in total. The van der Waals surface area contributed by atoms with Crippen molar-refractivity contribution in [3.63, 3.8) is 0 Å². The largest absolute Gasteiger partial charge is 0.450 e. The van der Waals surface area contributed by atoms with Crippen LogP contribution in [0, 0.1) is 0 Å². The fourth-order valence-electron chi connectivity index (χ4n) is 2.46. The van der Waals surface area contributed by atoms with Crippen LogP contribution in [-0.4, -0.2) is 53.7 Å². The molecule has 2 heterocycles. The number of halogens is 1. The monoisotopic (exact) mass is 320 g/mol. The minimum absolute atomic E-state index is 0.249. The number of piperazine rings is 1. The lowest BCUT2D eigenvalue weighted by atomic mass is 10.3. The van der Waals surface area contributed by atoms with Crippen LogP contribution in [0.1, 0.15) is 6.92 Å². The zero-order valence-corrected chi connectivity index (χ0v) is 13.1. The van der Waals surface area contributed by atoms with Crippen molar-refractivity contribution in [1.82, 2.24) is 14.9 Å². The first-order chi connectivity index (χ1) is 10.7. The van der Waals surface area contributed by atoms with Crippen LogP contribution < -0.4 is 4.90 Å². The normalized spacial score (nSPS) is 15.2. The predicted octanol–water partition coefficient (Wildman–Crippen LogP) is 2.56. The number of carbonyl (C=O) groups is 1. The second-order valence-corrected chi connectivity index (χ2v) is 5.47. The number of amides is 1. The third-order valence-electron chi connectivity index (χ3n) is 3.62. The van der Waals surface area contributed by atoms with Gasteiger partial charge >= 0.3 is 6.09 Å². The summed E-state index contributed by atoms with van der Waals surface area (Å²) in [6.07, 6.45) is 1.50. The van der Waals surface area contributed by atoms with E-state index in [1.54, 1.807) is 23.2 Å². The molecule has 1 aliphatic heterocycles. The summed E-state index contributed by atoms with van der Waals surface area (Å²) in [5.41, 5.74) is 1.59. The van der Waals surface area contributed by atoms with Crippen LogP contribution in [-0.2, 0) is 4.74 Å². The first-order valence-electron chi connectivity index (χ1n) is 7.26. The summed E-state index contributed by atoms with van der Waals surface area (Å²) >= 11 is 5.95. The lowest BCUT2D eigenvalue weighted by molar-refractivity contribution is 0.105. The van der Waals surface area contributed by atoms with Gasteiger partial charge in [-0.1, -0.05) is 11.6 Å². The zero-order valence-electron chi connectivity index (χ0n) is 12.3. The van der Waals surface area contributed by atoms with E-state index in [0.717, 1.165) is 16.9 Å². The van der Waals surface area contributed by atoms with Crippen molar-refractivity contribution in [3.05, 3.63) is 29.4 Å². The third kappa shape index (κ3) is 3.06. The van der Waals surface area contributed by atoms with Gasteiger partial charge < -0.3 is 14.5 Å². The molecule has 1 aliphatic rings. The third-order valence-corrected chi connectivity index (χ3v) is 3.86. The highest BCUT2D eigenvalue weighted by atomic mass is 35.5. The van der Waals surface area contributed by atoms with Crippen molar-refractivity contribution in [2.45, 2.75) is 6.92 Å². The number of aromatic nitrogens is 2. The van der Waals surface area contributed by atoms with Crippen LogP contribution in [0.2, 0.25) is 5.02 Å². The molecule has 1 amide bonds. The number of rotatable bonds is 2. The Morgan fingerprint density at radius 2 is 2.05 bits per heavy atom. The summed E-state index contributed by atoms with van der Waals surface area (Å²) < 4.78 is 5.02. The van der Waals surface area contributed by atoms with Gasteiger partial charge in [0.15, 0.2) is 0 Å². The van der Waals surface area contributed by atoms with E-state index in [1.807, 2.05) is 13.0 Å². The Hall–Kier alpha value is -2.08. The molecule has 0 aliphatic carbocycles. The standard InChI is InChI=1S/C15H17ClN4O2/c1-2-22-15(21)20-7-5-19(6-8-20)14-10-17-13-9-11(16)3-4-12(13)18-14/h3-4,9-10H,2,5-8H2,1H3. The van der Waals surface area contributed by atoms with E-state index in [4.69, 9.17) is 16.3 Å². The minimum Gasteiger partial charge on any atom is -0.450 e. The van der Waals surface area contributed by atoms with E-state index >= 15 is 0 Å². The molecule has 1 aromatic heterocycles. The highest BCUT2D eigenvalue weighted by Crippen LogP contribution is 2.20. The molecule has 0 saturated carbocycles. The van der Waals surface area contributed by atoms with Crippen molar-refractivity contribution < 1.29 is 9.53 Å². The molecule has 1 saturated heterocycles. The molecule has 0 radical (unpaired) electrons. The molecule has 0 unspecified atom stereocenters. The van der Waals surface area contributed by atoms with Gasteiger partial charge in [-0.25, -0.2) is 9.78 Å². The van der Waals surface area contributed by atoms with Crippen molar-refractivity contribution in [2.75, 3.05) is 37.7 Å².